The van der Waals surface area contributed by atoms with Gasteiger partial charge >= 0.3 is 0 Å². The van der Waals surface area contributed by atoms with E-state index < -0.39 is 0 Å². The van der Waals surface area contributed by atoms with Gasteiger partial charge in [0.05, 0.1) is 0 Å². The van der Waals surface area contributed by atoms with Gasteiger partial charge in [-0.05, 0) is 24.5 Å². The van der Waals surface area contributed by atoms with Crippen LogP contribution in [0.15, 0.2) is 24.3 Å². The minimum absolute atomic E-state index is 0.549. The quantitative estimate of drug-likeness (QED) is 0.837. The molecule has 1 N–H and O–H groups in total. The van der Waals surface area contributed by atoms with E-state index in [2.05, 4.69) is 48.3 Å². The van der Waals surface area contributed by atoms with Gasteiger partial charge in [-0.25, -0.2) is 0 Å². The van der Waals surface area contributed by atoms with Crippen molar-refractivity contribution in [2.75, 3.05) is 26.2 Å². The Labute approximate surface area is 98.7 Å². The highest BCUT2D eigenvalue weighted by Crippen LogP contribution is 2.20. The molecule has 0 bridgehead atoms. The van der Waals surface area contributed by atoms with Gasteiger partial charge in [0.2, 0.25) is 0 Å². The third-order valence-corrected chi connectivity index (χ3v) is 3.57. The summed E-state index contributed by atoms with van der Waals surface area (Å²) >= 11 is 0. The average molecular weight is 218 g/mol. The van der Waals surface area contributed by atoms with Crippen molar-refractivity contribution in [1.82, 2.24) is 10.2 Å². The number of rotatable bonds is 3. The maximum Gasteiger partial charge on any atom is 0.0320 e. The van der Waals surface area contributed by atoms with Crippen LogP contribution in [0.25, 0.3) is 0 Å². The molecule has 16 heavy (non-hydrogen) atoms. The van der Waals surface area contributed by atoms with E-state index in [0.29, 0.717) is 6.04 Å². The van der Waals surface area contributed by atoms with Crippen molar-refractivity contribution >= 4 is 0 Å². The number of nitrogens with zero attached hydrogens (tertiary/aromatic N) is 1. The molecule has 2 heteroatoms. The first-order valence-corrected chi connectivity index (χ1v) is 6.35. The lowest BCUT2D eigenvalue weighted by molar-refractivity contribution is 0.185. The molecule has 0 aromatic heterocycles. The zero-order chi connectivity index (χ0) is 11.4. The van der Waals surface area contributed by atoms with Gasteiger partial charge in [0.1, 0.15) is 0 Å². The highest BCUT2D eigenvalue weighted by atomic mass is 15.2. The van der Waals surface area contributed by atoms with Crippen LogP contribution >= 0.6 is 0 Å². The first kappa shape index (κ1) is 11.6. The van der Waals surface area contributed by atoms with E-state index in [1.807, 2.05) is 0 Å². The van der Waals surface area contributed by atoms with Crippen LogP contribution in [0.1, 0.15) is 31.0 Å². The number of piperazine rings is 1. The van der Waals surface area contributed by atoms with Crippen molar-refractivity contribution in [3.05, 3.63) is 35.4 Å². The van der Waals surface area contributed by atoms with Gasteiger partial charge in [0.25, 0.3) is 0 Å². The molecule has 1 atom stereocenters. The number of aryl methyl sites for hydroxylation is 1. The van der Waals surface area contributed by atoms with E-state index in [1.54, 1.807) is 0 Å². The van der Waals surface area contributed by atoms with E-state index in [9.17, 15) is 0 Å². The zero-order valence-corrected chi connectivity index (χ0v) is 10.4. The highest BCUT2D eigenvalue weighted by molar-refractivity contribution is 5.24. The maximum absolute atomic E-state index is 3.40. The Hall–Kier alpha value is -0.860. The third-order valence-electron chi connectivity index (χ3n) is 3.57. The smallest absolute Gasteiger partial charge is 0.0320 e. The standard InChI is InChI=1S/C14H22N2/c1-3-13-4-6-14(7-5-13)12(2)16-10-8-15-9-11-16/h4-7,12,15H,3,8-11H2,1-2H3/t12-/m0/s1. The number of nitrogens with one attached hydrogen (secondary N) is 1. The molecule has 2 nitrogen and oxygen atoms in total. The molecule has 1 heterocycles. The van der Waals surface area contributed by atoms with E-state index in [4.69, 9.17) is 0 Å². The third kappa shape index (κ3) is 2.63. The molecule has 1 aromatic rings. The lowest BCUT2D eigenvalue weighted by Gasteiger charge is -2.33. The summed E-state index contributed by atoms with van der Waals surface area (Å²) in [5.74, 6) is 0. The van der Waals surface area contributed by atoms with Gasteiger partial charge in [-0.15, -0.1) is 0 Å². The van der Waals surface area contributed by atoms with Gasteiger partial charge < -0.3 is 5.32 Å². The van der Waals surface area contributed by atoms with Crippen LogP contribution < -0.4 is 5.32 Å². The van der Waals surface area contributed by atoms with Crippen LogP contribution in [0.2, 0.25) is 0 Å². The molecule has 0 aliphatic carbocycles. The minimum atomic E-state index is 0.549. The lowest BCUT2D eigenvalue weighted by atomic mass is 10.0. The van der Waals surface area contributed by atoms with E-state index in [1.165, 1.54) is 11.1 Å². The largest absolute Gasteiger partial charge is 0.314 e. The van der Waals surface area contributed by atoms with Crippen molar-refractivity contribution in [2.24, 2.45) is 0 Å². The maximum atomic E-state index is 3.40. The summed E-state index contributed by atoms with van der Waals surface area (Å²) < 4.78 is 0. The van der Waals surface area contributed by atoms with Crippen molar-refractivity contribution in [3.8, 4) is 0 Å². The molecule has 0 saturated carbocycles. The number of hydrogen-bond acceptors (Lipinski definition) is 2. The average Bonchev–Trinajstić information content (AvgIpc) is 2.39. The molecular formula is C14H22N2. The number of benzene rings is 1. The summed E-state index contributed by atoms with van der Waals surface area (Å²) in [4.78, 5) is 2.55. The Morgan fingerprint density at radius 1 is 1.19 bits per heavy atom. The summed E-state index contributed by atoms with van der Waals surface area (Å²) in [6.07, 6.45) is 1.13. The predicted molar refractivity (Wildman–Crippen MR) is 68.7 cm³/mol. The monoisotopic (exact) mass is 218 g/mol. The molecule has 1 saturated heterocycles. The second kappa shape index (κ2) is 5.46. The van der Waals surface area contributed by atoms with E-state index in [0.717, 1.165) is 32.6 Å². The first-order chi connectivity index (χ1) is 7.81. The Morgan fingerprint density at radius 2 is 1.81 bits per heavy atom. The summed E-state index contributed by atoms with van der Waals surface area (Å²) in [5, 5.41) is 3.40. The summed E-state index contributed by atoms with van der Waals surface area (Å²) in [6, 6.07) is 9.63. The van der Waals surface area contributed by atoms with Gasteiger partial charge in [-0.1, -0.05) is 31.2 Å². The van der Waals surface area contributed by atoms with Crippen molar-refractivity contribution in [1.29, 1.82) is 0 Å². The molecule has 0 spiro atoms. The Bertz CT molecular complexity index is 312. The van der Waals surface area contributed by atoms with Gasteiger partial charge in [-0.3, -0.25) is 4.90 Å². The Morgan fingerprint density at radius 3 is 2.38 bits per heavy atom. The molecule has 1 fully saturated rings. The molecule has 88 valence electrons. The minimum Gasteiger partial charge on any atom is -0.314 e. The second-order valence-electron chi connectivity index (χ2n) is 4.56. The van der Waals surface area contributed by atoms with Crippen molar-refractivity contribution < 1.29 is 0 Å². The molecule has 1 aromatic carbocycles. The summed E-state index contributed by atoms with van der Waals surface area (Å²) in [7, 11) is 0. The zero-order valence-electron chi connectivity index (χ0n) is 10.4. The fourth-order valence-corrected chi connectivity index (χ4v) is 2.31. The second-order valence-corrected chi connectivity index (χ2v) is 4.56. The molecule has 0 radical (unpaired) electrons. The Balaban J connectivity index is 2.04. The predicted octanol–water partition coefficient (Wildman–Crippen LogP) is 2.22. The van der Waals surface area contributed by atoms with Crippen LogP contribution in [0.3, 0.4) is 0 Å². The first-order valence-electron chi connectivity index (χ1n) is 6.35. The van der Waals surface area contributed by atoms with Crippen molar-refractivity contribution in [3.63, 3.8) is 0 Å². The molecule has 0 amide bonds. The molecule has 0 unspecified atom stereocenters. The van der Waals surface area contributed by atoms with Crippen molar-refractivity contribution in [2.45, 2.75) is 26.3 Å². The van der Waals surface area contributed by atoms with Crippen LogP contribution in [-0.2, 0) is 6.42 Å². The number of hydrogen-bond donors (Lipinski definition) is 1. The van der Waals surface area contributed by atoms with Gasteiger partial charge in [-0.2, -0.15) is 0 Å². The SMILES string of the molecule is CCc1ccc([C@H](C)N2CCNCC2)cc1. The lowest BCUT2D eigenvalue weighted by Crippen LogP contribution is -2.44. The topological polar surface area (TPSA) is 15.3 Å². The molecule has 1 aliphatic heterocycles. The van der Waals surface area contributed by atoms with Crippen LogP contribution in [0.4, 0.5) is 0 Å². The van der Waals surface area contributed by atoms with Crippen LogP contribution in [0.5, 0.6) is 0 Å². The Kier molecular flexibility index (Phi) is 3.97. The van der Waals surface area contributed by atoms with Crippen LogP contribution in [-0.4, -0.2) is 31.1 Å². The van der Waals surface area contributed by atoms with E-state index in [-0.39, 0.29) is 0 Å². The summed E-state index contributed by atoms with van der Waals surface area (Å²) in [5.41, 5.74) is 2.87. The normalized spacial score (nSPS) is 19.6. The molecule has 1 aliphatic rings. The highest BCUT2D eigenvalue weighted by Gasteiger charge is 2.17. The molecular weight excluding hydrogens is 196 g/mol. The van der Waals surface area contributed by atoms with Gasteiger partial charge in [0, 0.05) is 32.2 Å². The fourth-order valence-electron chi connectivity index (χ4n) is 2.31. The molecule has 2 rings (SSSR count). The summed E-state index contributed by atoms with van der Waals surface area (Å²) in [6.45, 7) is 9.09. The fraction of sp³-hybridized carbons (Fsp3) is 0.571. The van der Waals surface area contributed by atoms with Crippen LogP contribution in [0, 0.1) is 0 Å². The van der Waals surface area contributed by atoms with Gasteiger partial charge in [0.15, 0.2) is 0 Å². The van der Waals surface area contributed by atoms with E-state index >= 15 is 0 Å².